The number of anilines is 1. The smallest absolute Gasteiger partial charge is 0.229 e. The van der Waals surface area contributed by atoms with Gasteiger partial charge < -0.3 is 10.6 Å². The van der Waals surface area contributed by atoms with Gasteiger partial charge in [-0.2, -0.15) is 0 Å². The summed E-state index contributed by atoms with van der Waals surface area (Å²) in [5, 5.41) is 6.28. The minimum absolute atomic E-state index is 0.0935. The first kappa shape index (κ1) is 11.9. The lowest BCUT2D eigenvalue weighted by Crippen LogP contribution is -2.32. The molecule has 1 aliphatic rings. The van der Waals surface area contributed by atoms with Gasteiger partial charge in [-0.1, -0.05) is 12.1 Å². The van der Waals surface area contributed by atoms with E-state index in [1.54, 1.807) is 0 Å². The first-order valence-electron chi connectivity index (χ1n) is 5.47. The Morgan fingerprint density at radius 1 is 1.50 bits per heavy atom. The summed E-state index contributed by atoms with van der Waals surface area (Å²) in [6.07, 6.45) is 0.927. The number of amides is 1. The molecule has 0 saturated carbocycles. The number of carbonyl (C=O) groups is 1. The number of nitrogens with one attached hydrogen (secondary N) is 2. The molecular formula is C12H15IN2O. The first-order chi connectivity index (χ1) is 7.68. The van der Waals surface area contributed by atoms with Crippen LogP contribution in [0.1, 0.15) is 13.3 Å². The molecule has 2 N–H and O–H groups in total. The van der Waals surface area contributed by atoms with E-state index in [1.807, 2.05) is 24.3 Å². The molecule has 1 saturated heterocycles. The molecular weight excluding hydrogens is 315 g/mol. The molecule has 1 aromatic rings. The predicted molar refractivity (Wildman–Crippen MR) is 73.4 cm³/mol. The average Bonchev–Trinajstić information content (AvgIpc) is 2.68. The van der Waals surface area contributed by atoms with E-state index in [0.717, 1.165) is 22.2 Å². The van der Waals surface area contributed by atoms with Crippen molar-refractivity contribution < 1.29 is 4.79 Å². The normalized spacial score (nSPS) is 24.4. The second kappa shape index (κ2) is 5.14. The standard InChI is InChI=1S/C12H15IN2O/c1-8-9(6-7-14-8)12(16)15-11-5-3-2-4-10(11)13/h2-5,8-9,14H,6-7H2,1H3,(H,15,16). The van der Waals surface area contributed by atoms with Crippen LogP contribution in [0.2, 0.25) is 0 Å². The molecule has 0 aliphatic carbocycles. The van der Waals surface area contributed by atoms with Gasteiger partial charge in [-0.05, 0) is 54.6 Å². The molecule has 0 bridgehead atoms. The van der Waals surface area contributed by atoms with Gasteiger partial charge in [-0.25, -0.2) is 0 Å². The molecule has 86 valence electrons. The first-order valence-corrected chi connectivity index (χ1v) is 6.55. The van der Waals surface area contributed by atoms with Gasteiger partial charge in [0.2, 0.25) is 5.91 Å². The van der Waals surface area contributed by atoms with Crippen LogP contribution in [-0.4, -0.2) is 18.5 Å². The maximum absolute atomic E-state index is 12.0. The third kappa shape index (κ3) is 2.55. The number of carbonyl (C=O) groups excluding carboxylic acids is 1. The SMILES string of the molecule is CC1NCCC1C(=O)Nc1ccccc1I. The van der Waals surface area contributed by atoms with E-state index in [9.17, 15) is 4.79 Å². The monoisotopic (exact) mass is 330 g/mol. The molecule has 3 nitrogen and oxygen atoms in total. The Balaban J connectivity index is 2.05. The van der Waals surface area contributed by atoms with Crippen molar-refractivity contribution in [3.05, 3.63) is 27.8 Å². The van der Waals surface area contributed by atoms with Crippen LogP contribution in [-0.2, 0) is 4.79 Å². The van der Waals surface area contributed by atoms with E-state index in [-0.39, 0.29) is 17.9 Å². The summed E-state index contributed by atoms with van der Waals surface area (Å²) >= 11 is 2.23. The number of hydrogen-bond acceptors (Lipinski definition) is 2. The second-order valence-corrected chi connectivity index (χ2v) is 5.27. The molecule has 1 aliphatic heterocycles. The molecule has 0 spiro atoms. The Hall–Kier alpha value is -0.620. The number of halogens is 1. The van der Waals surface area contributed by atoms with Gasteiger partial charge in [-0.3, -0.25) is 4.79 Å². The van der Waals surface area contributed by atoms with Crippen molar-refractivity contribution in [2.45, 2.75) is 19.4 Å². The minimum atomic E-state index is 0.0935. The van der Waals surface area contributed by atoms with Crippen molar-refractivity contribution in [2.24, 2.45) is 5.92 Å². The van der Waals surface area contributed by atoms with E-state index in [2.05, 4.69) is 40.1 Å². The van der Waals surface area contributed by atoms with Crippen LogP contribution in [0.5, 0.6) is 0 Å². The summed E-state index contributed by atoms with van der Waals surface area (Å²) in [5.74, 6) is 0.220. The molecule has 2 atom stereocenters. The maximum Gasteiger partial charge on any atom is 0.229 e. The predicted octanol–water partition coefficient (Wildman–Crippen LogP) is 2.23. The fourth-order valence-electron chi connectivity index (χ4n) is 2.00. The Labute approximate surface area is 109 Å². The van der Waals surface area contributed by atoms with Crippen molar-refractivity contribution in [1.29, 1.82) is 0 Å². The maximum atomic E-state index is 12.0. The van der Waals surface area contributed by atoms with Gasteiger partial charge in [0.15, 0.2) is 0 Å². The van der Waals surface area contributed by atoms with E-state index in [4.69, 9.17) is 0 Å². The van der Waals surface area contributed by atoms with Crippen LogP contribution in [0.25, 0.3) is 0 Å². The third-order valence-corrected chi connectivity index (χ3v) is 3.93. The van der Waals surface area contributed by atoms with Crippen LogP contribution in [0.3, 0.4) is 0 Å². The fraction of sp³-hybridized carbons (Fsp3) is 0.417. The summed E-state index contributed by atoms with van der Waals surface area (Å²) in [5.41, 5.74) is 0.909. The van der Waals surface area contributed by atoms with E-state index >= 15 is 0 Å². The summed E-state index contributed by atoms with van der Waals surface area (Å²) in [4.78, 5) is 12.0. The zero-order valence-corrected chi connectivity index (χ0v) is 11.3. The number of para-hydroxylation sites is 1. The highest BCUT2D eigenvalue weighted by Crippen LogP contribution is 2.21. The Bertz CT molecular complexity index is 394. The molecule has 0 aromatic heterocycles. The van der Waals surface area contributed by atoms with Crippen molar-refractivity contribution in [2.75, 3.05) is 11.9 Å². The highest BCUT2D eigenvalue weighted by Gasteiger charge is 2.29. The Morgan fingerprint density at radius 3 is 2.88 bits per heavy atom. The lowest BCUT2D eigenvalue weighted by atomic mass is 10.0. The van der Waals surface area contributed by atoms with Gasteiger partial charge in [0, 0.05) is 9.61 Å². The van der Waals surface area contributed by atoms with Gasteiger partial charge in [0.05, 0.1) is 11.6 Å². The van der Waals surface area contributed by atoms with E-state index in [1.165, 1.54) is 0 Å². The average molecular weight is 330 g/mol. The highest BCUT2D eigenvalue weighted by molar-refractivity contribution is 14.1. The van der Waals surface area contributed by atoms with Crippen LogP contribution >= 0.6 is 22.6 Å². The van der Waals surface area contributed by atoms with Crippen molar-refractivity contribution in [3.63, 3.8) is 0 Å². The zero-order chi connectivity index (χ0) is 11.5. The Morgan fingerprint density at radius 2 is 2.25 bits per heavy atom. The van der Waals surface area contributed by atoms with Gasteiger partial charge in [-0.15, -0.1) is 0 Å². The van der Waals surface area contributed by atoms with E-state index < -0.39 is 0 Å². The molecule has 1 heterocycles. The molecule has 1 fully saturated rings. The van der Waals surface area contributed by atoms with E-state index in [0.29, 0.717) is 0 Å². The number of hydrogen-bond donors (Lipinski definition) is 2. The molecule has 4 heteroatoms. The molecule has 0 radical (unpaired) electrons. The Kier molecular flexibility index (Phi) is 3.81. The van der Waals surface area contributed by atoms with Gasteiger partial charge in [0.1, 0.15) is 0 Å². The molecule has 1 aromatic carbocycles. The minimum Gasteiger partial charge on any atom is -0.325 e. The van der Waals surface area contributed by atoms with Gasteiger partial charge >= 0.3 is 0 Å². The topological polar surface area (TPSA) is 41.1 Å². The summed E-state index contributed by atoms with van der Waals surface area (Å²) in [7, 11) is 0. The third-order valence-electron chi connectivity index (χ3n) is 2.99. The van der Waals surface area contributed by atoms with Crippen molar-refractivity contribution in [3.8, 4) is 0 Å². The second-order valence-electron chi connectivity index (χ2n) is 4.11. The molecule has 2 rings (SSSR count). The number of rotatable bonds is 2. The fourth-order valence-corrected chi connectivity index (χ4v) is 2.53. The largest absolute Gasteiger partial charge is 0.325 e. The summed E-state index contributed by atoms with van der Waals surface area (Å²) < 4.78 is 1.08. The van der Waals surface area contributed by atoms with Crippen LogP contribution in [0.15, 0.2) is 24.3 Å². The van der Waals surface area contributed by atoms with Crippen molar-refractivity contribution >= 4 is 34.2 Å². The quantitative estimate of drug-likeness (QED) is 0.817. The number of benzene rings is 1. The molecule has 1 amide bonds. The van der Waals surface area contributed by atoms with Crippen molar-refractivity contribution in [1.82, 2.24) is 5.32 Å². The summed E-state index contributed by atoms with van der Waals surface area (Å²) in [6.45, 7) is 3.00. The van der Waals surface area contributed by atoms with Crippen LogP contribution < -0.4 is 10.6 Å². The molecule has 16 heavy (non-hydrogen) atoms. The van der Waals surface area contributed by atoms with Crippen LogP contribution in [0.4, 0.5) is 5.69 Å². The van der Waals surface area contributed by atoms with Crippen LogP contribution in [0, 0.1) is 9.49 Å². The molecule has 2 unspecified atom stereocenters. The summed E-state index contributed by atoms with van der Waals surface area (Å²) in [6, 6.07) is 8.12. The lowest BCUT2D eigenvalue weighted by Gasteiger charge is -2.15. The van der Waals surface area contributed by atoms with Gasteiger partial charge in [0.25, 0.3) is 0 Å². The highest BCUT2D eigenvalue weighted by atomic mass is 127. The zero-order valence-electron chi connectivity index (χ0n) is 9.16. The lowest BCUT2D eigenvalue weighted by molar-refractivity contribution is -0.120.